The van der Waals surface area contributed by atoms with Gasteiger partial charge < -0.3 is 10.6 Å². The van der Waals surface area contributed by atoms with Gasteiger partial charge in [0, 0.05) is 13.1 Å². The second kappa shape index (κ2) is 6.53. The maximum Gasteiger partial charge on any atom is 0.131 e. The number of rotatable bonds is 6. The first-order valence-corrected chi connectivity index (χ1v) is 6.42. The highest BCUT2D eigenvalue weighted by atomic mass is 15.1. The molecular formula is C15H23N3. The lowest BCUT2D eigenvalue weighted by molar-refractivity contribution is 0.273. The highest BCUT2D eigenvalue weighted by molar-refractivity contribution is 5.30. The molecule has 0 fully saturated rings. The molecule has 0 aliphatic rings. The molecule has 18 heavy (non-hydrogen) atoms. The van der Waals surface area contributed by atoms with Crippen molar-refractivity contribution in [3.8, 4) is 6.07 Å². The number of nitrogens with zero attached hydrogens (tertiary/aromatic N) is 2. The summed E-state index contributed by atoms with van der Waals surface area (Å²) < 4.78 is 0. The molecule has 0 bridgehead atoms. The summed E-state index contributed by atoms with van der Waals surface area (Å²) in [5.74, 6) is 0.626. The van der Waals surface area contributed by atoms with Gasteiger partial charge in [-0.1, -0.05) is 44.2 Å². The lowest BCUT2D eigenvalue weighted by Crippen LogP contribution is -2.39. The van der Waals surface area contributed by atoms with Gasteiger partial charge in [-0.05, 0) is 24.9 Å². The molecule has 3 nitrogen and oxygen atoms in total. The highest BCUT2D eigenvalue weighted by Crippen LogP contribution is 2.21. The number of nitrogens with two attached hydrogens (primary N) is 1. The Morgan fingerprint density at radius 3 is 2.44 bits per heavy atom. The van der Waals surface area contributed by atoms with Crippen molar-refractivity contribution in [3.05, 3.63) is 35.9 Å². The van der Waals surface area contributed by atoms with E-state index in [2.05, 4.69) is 31.9 Å². The number of benzene rings is 1. The zero-order valence-corrected chi connectivity index (χ0v) is 11.6. The van der Waals surface area contributed by atoms with Gasteiger partial charge in [0.15, 0.2) is 0 Å². The smallest absolute Gasteiger partial charge is 0.131 e. The number of nitriles is 1. The van der Waals surface area contributed by atoms with E-state index in [0.29, 0.717) is 12.3 Å². The number of hydrogen-bond donors (Lipinski definition) is 1. The van der Waals surface area contributed by atoms with Crippen LogP contribution < -0.4 is 5.73 Å². The lowest BCUT2D eigenvalue weighted by atomic mass is 9.89. The number of hydrogen-bond acceptors (Lipinski definition) is 3. The molecule has 0 aliphatic carbocycles. The van der Waals surface area contributed by atoms with Gasteiger partial charge in [-0.15, -0.1) is 0 Å². The van der Waals surface area contributed by atoms with Gasteiger partial charge in [-0.3, -0.25) is 0 Å². The van der Waals surface area contributed by atoms with Gasteiger partial charge >= 0.3 is 0 Å². The molecule has 1 aromatic carbocycles. The molecule has 98 valence electrons. The van der Waals surface area contributed by atoms with Crippen molar-refractivity contribution in [2.24, 2.45) is 11.7 Å². The molecule has 0 spiro atoms. The second-order valence-corrected chi connectivity index (χ2v) is 5.36. The van der Waals surface area contributed by atoms with Gasteiger partial charge in [-0.25, -0.2) is 0 Å². The van der Waals surface area contributed by atoms with Gasteiger partial charge in [-0.2, -0.15) is 5.26 Å². The quantitative estimate of drug-likeness (QED) is 0.837. The third kappa shape index (κ3) is 4.14. The SMILES string of the molecule is CC(C)CN(C)CCC(N)(C#N)c1ccccc1. The zero-order chi connectivity index (χ0) is 13.6. The first-order valence-electron chi connectivity index (χ1n) is 6.42. The maximum atomic E-state index is 9.34. The first-order chi connectivity index (χ1) is 8.48. The van der Waals surface area contributed by atoms with Gasteiger partial charge in [0.05, 0.1) is 6.07 Å². The highest BCUT2D eigenvalue weighted by Gasteiger charge is 2.27. The van der Waals surface area contributed by atoms with Crippen LogP contribution in [0.5, 0.6) is 0 Å². The van der Waals surface area contributed by atoms with E-state index in [4.69, 9.17) is 5.73 Å². The summed E-state index contributed by atoms with van der Waals surface area (Å²) in [5.41, 5.74) is 6.22. The molecule has 0 amide bonds. The second-order valence-electron chi connectivity index (χ2n) is 5.36. The van der Waals surface area contributed by atoms with E-state index in [1.807, 2.05) is 30.3 Å². The van der Waals surface area contributed by atoms with Crippen molar-refractivity contribution >= 4 is 0 Å². The largest absolute Gasteiger partial charge is 0.310 e. The molecule has 1 atom stereocenters. The summed E-state index contributed by atoms with van der Waals surface area (Å²) in [5, 5.41) is 9.34. The Bertz CT molecular complexity index is 394. The standard InChI is InChI=1S/C15H23N3/c1-13(2)11-18(3)10-9-15(17,12-16)14-7-5-4-6-8-14/h4-8,13H,9-11,17H2,1-3H3. The molecule has 1 aromatic rings. The molecule has 1 unspecified atom stereocenters. The van der Waals surface area contributed by atoms with Crippen molar-refractivity contribution in [1.82, 2.24) is 4.90 Å². The van der Waals surface area contributed by atoms with E-state index in [1.54, 1.807) is 0 Å². The first kappa shape index (κ1) is 14.7. The summed E-state index contributed by atoms with van der Waals surface area (Å²) in [6.45, 7) is 6.23. The van der Waals surface area contributed by atoms with Crippen molar-refractivity contribution in [1.29, 1.82) is 5.26 Å². The third-order valence-corrected chi connectivity index (χ3v) is 3.05. The fourth-order valence-corrected chi connectivity index (χ4v) is 2.08. The molecule has 0 aromatic heterocycles. The fraction of sp³-hybridized carbons (Fsp3) is 0.533. The Morgan fingerprint density at radius 1 is 1.33 bits per heavy atom. The fourth-order valence-electron chi connectivity index (χ4n) is 2.08. The Kier molecular flexibility index (Phi) is 5.33. The molecule has 1 rings (SSSR count). The van der Waals surface area contributed by atoms with Crippen LogP contribution >= 0.6 is 0 Å². The minimum Gasteiger partial charge on any atom is -0.310 e. The Hall–Kier alpha value is -1.37. The van der Waals surface area contributed by atoms with Crippen LogP contribution in [0.3, 0.4) is 0 Å². The van der Waals surface area contributed by atoms with Crippen LogP contribution in [0.4, 0.5) is 0 Å². The normalized spacial score (nSPS) is 14.5. The van der Waals surface area contributed by atoms with E-state index >= 15 is 0 Å². The molecular weight excluding hydrogens is 222 g/mol. The van der Waals surface area contributed by atoms with E-state index in [1.165, 1.54) is 0 Å². The Labute approximate surface area is 110 Å². The topological polar surface area (TPSA) is 53.0 Å². The molecule has 0 radical (unpaired) electrons. The maximum absolute atomic E-state index is 9.34. The van der Waals surface area contributed by atoms with Crippen LogP contribution in [-0.4, -0.2) is 25.0 Å². The minimum absolute atomic E-state index is 0.626. The molecule has 0 aliphatic heterocycles. The summed E-state index contributed by atoms with van der Waals surface area (Å²) >= 11 is 0. The summed E-state index contributed by atoms with van der Waals surface area (Å²) in [4.78, 5) is 2.23. The van der Waals surface area contributed by atoms with Gasteiger partial charge in [0.1, 0.15) is 5.54 Å². The molecule has 0 saturated carbocycles. The van der Waals surface area contributed by atoms with Crippen molar-refractivity contribution < 1.29 is 0 Å². The third-order valence-electron chi connectivity index (χ3n) is 3.05. The van der Waals surface area contributed by atoms with Crippen LogP contribution in [0, 0.1) is 17.2 Å². The summed E-state index contributed by atoms with van der Waals surface area (Å²) in [6.07, 6.45) is 0.650. The predicted octanol–water partition coefficient (Wildman–Crippen LogP) is 2.34. The van der Waals surface area contributed by atoms with E-state index in [-0.39, 0.29) is 0 Å². The molecule has 0 saturated heterocycles. The average molecular weight is 245 g/mol. The van der Waals surface area contributed by atoms with E-state index in [9.17, 15) is 5.26 Å². The molecule has 2 N–H and O–H groups in total. The molecule has 3 heteroatoms. The van der Waals surface area contributed by atoms with Gasteiger partial charge in [0.25, 0.3) is 0 Å². The van der Waals surface area contributed by atoms with Crippen LogP contribution in [0.15, 0.2) is 30.3 Å². The Morgan fingerprint density at radius 2 is 1.94 bits per heavy atom. The van der Waals surface area contributed by atoms with E-state index in [0.717, 1.165) is 18.7 Å². The summed E-state index contributed by atoms with van der Waals surface area (Å²) in [6, 6.07) is 11.9. The van der Waals surface area contributed by atoms with Crippen molar-refractivity contribution in [2.45, 2.75) is 25.8 Å². The van der Waals surface area contributed by atoms with Crippen LogP contribution in [0.1, 0.15) is 25.8 Å². The predicted molar refractivity (Wildman–Crippen MR) is 74.9 cm³/mol. The van der Waals surface area contributed by atoms with Gasteiger partial charge in [0.2, 0.25) is 0 Å². The lowest BCUT2D eigenvalue weighted by Gasteiger charge is -2.26. The Balaban J connectivity index is 2.65. The summed E-state index contributed by atoms with van der Waals surface area (Å²) in [7, 11) is 2.07. The minimum atomic E-state index is -0.882. The van der Waals surface area contributed by atoms with E-state index < -0.39 is 5.54 Å². The monoisotopic (exact) mass is 245 g/mol. The van der Waals surface area contributed by atoms with Crippen LogP contribution in [0.2, 0.25) is 0 Å². The average Bonchev–Trinajstić information content (AvgIpc) is 2.36. The van der Waals surface area contributed by atoms with Crippen LogP contribution in [0.25, 0.3) is 0 Å². The van der Waals surface area contributed by atoms with Crippen molar-refractivity contribution in [2.75, 3.05) is 20.1 Å². The molecule has 0 heterocycles. The zero-order valence-electron chi connectivity index (χ0n) is 11.6. The van der Waals surface area contributed by atoms with Crippen LogP contribution in [-0.2, 0) is 5.54 Å². The van der Waals surface area contributed by atoms with Crippen molar-refractivity contribution in [3.63, 3.8) is 0 Å².